The highest BCUT2D eigenvalue weighted by molar-refractivity contribution is 9.10. The van der Waals surface area contributed by atoms with E-state index in [1.54, 1.807) is 12.1 Å². The quantitative estimate of drug-likeness (QED) is 0.820. The number of benzene rings is 2. The first-order valence-corrected chi connectivity index (χ1v) is 5.91. The van der Waals surface area contributed by atoms with E-state index in [2.05, 4.69) is 15.9 Å². The fourth-order valence-corrected chi connectivity index (χ4v) is 1.70. The maximum atomic E-state index is 9.54. The van der Waals surface area contributed by atoms with Crippen LogP contribution in [0.1, 0.15) is 11.1 Å². The Hall–Kier alpha value is -1.74. The number of rotatable bonds is 2. The van der Waals surface area contributed by atoms with Gasteiger partial charge in [-0.1, -0.05) is 42.5 Å². The predicted molar refractivity (Wildman–Crippen MR) is 72.8 cm³/mol. The zero-order valence-corrected chi connectivity index (χ0v) is 10.6. The largest absolute Gasteiger partial charge is 0.507 e. The molecule has 0 radical (unpaired) electrons. The molecule has 2 rings (SSSR count). The fraction of sp³-hybridized carbons (Fsp3) is 0. The molecule has 3 heteroatoms. The molecule has 2 aromatic carbocycles. The minimum absolute atomic E-state index is 0.0257. The van der Waals surface area contributed by atoms with E-state index in [4.69, 9.17) is 0 Å². The Kier molecular flexibility index (Phi) is 3.49. The summed E-state index contributed by atoms with van der Waals surface area (Å²) in [6.45, 7) is 0. The first-order valence-electron chi connectivity index (χ1n) is 5.11. The Bertz CT molecular complexity index is 524. The van der Waals surface area contributed by atoms with E-state index in [0.717, 1.165) is 11.1 Å². The lowest BCUT2D eigenvalue weighted by Gasteiger charge is -2.02. The van der Waals surface area contributed by atoms with Gasteiger partial charge in [0.25, 0.3) is 0 Å². The topological polar surface area (TPSA) is 40.5 Å². The summed E-state index contributed by atoms with van der Waals surface area (Å²) in [5.74, 6) is 0.0513. The van der Waals surface area contributed by atoms with Crippen LogP contribution in [0.3, 0.4) is 0 Å². The monoisotopic (exact) mass is 290 g/mol. The van der Waals surface area contributed by atoms with Crippen molar-refractivity contribution in [2.75, 3.05) is 0 Å². The van der Waals surface area contributed by atoms with Gasteiger partial charge in [-0.05, 0) is 39.2 Å². The number of phenolic OH excluding ortho intramolecular Hbond substituents is 2. The molecule has 0 fully saturated rings. The van der Waals surface area contributed by atoms with Crippen molar-refractivity contribution in [3.63, 3.8) is 0 Å². The summed E-state index contributed by atoms with van der Waals surface area (Å²) in [6, 6.07) is 13.0. The van der Waals surface area contributed by atoms with Gasteiger partial charge in [-0.2, -0.15) is 0 Å². The highest BCUT2D eigenvalue weighted by Gasteiger charge is 2.04. The molecule has 0 spiro atoms. The van der Waals surface area contributed by atoms with Crippen LogP contribution in [0.2, 0.25) is 0 Å². The molecular weight excluding hydrogens is 280 g/mol. The van der Waals surface area contributed by atoms with Crippen molar-refractivity contribution in [2.24, 2.45) is 0 Å². The van der Waals surface area contributed by atoms with Gasteiger partial charge in [-0.3, -0.25) is 0 Å². The molecule has 2 N–H and O–H groups in total. The normalized spacial score (nSPS) is 10.9. The van der Waals surface area contributed by atoms with Crippen molar-refractivity contribution in [3.8, 4) is 11.5 Å². The third-order valence-electron chi connectivity index (χ3n) is 2.32. The molecule has 0 atom stereocenters. The number of hydrogen-bond donors (Lipinski definition) is 2. The van der Waals surface area contributed by atoms with Crippen LogP contribution in [0.4, 0.5) is 0 Å². The van der Waals surface area contributed by atoms with Crippen LogP contribution in [0.5, 0.6) is 11.5 Å². The standard InChI is InChI=1S/C14H11BrO2/c15-14-12(16)8-11(9-13(14)17)7-6-10-4-2-1-3-5-10/h1-9,16-17H. The molecule has 0 saturated carbocycles. The molecule has 0 aliphatic carbocycles. The van der Waals surface area contributed by atoms with Gasteiger partial charge in [-0.25, -0.2) is 0 Å². The number of hydrogen-bond acceptors (Lipinski definition) is 2. The molecule has 17 heavy (non-hydrogen) atoms. The molecule has 0 aliphatic heterocycles. The maximum absolute atomic E-state index is 9.54. The van der Waals surface area contributed by atoms with Gasteiger partial charge in [0, 0.05) is 0 Å². The average Bonchev–Trinajstić information content (AvgIpc) is 2.34. The minimum atomic E-state index is 0.0257. The van der Waals surface area contributed by atoms with Gasteiger partial charge >= 0.3 is 0 Å². The minimum Gasteiger partial charge on any atom is -0.507 e. The summed E-state index contributed by atoms with van der Waals surface area (Å²) in [6.07, 6.45) is 3.75. The van der Waals surface area contributed by atoms with Gasteiger partial charge in [0.2, 0.25) is 0 Å². The first-order chi connectivity index (χ1) is 8.16. The van der Waals surface area contributed by atoms with E-state index in [1.165, 1.54) is 0 Å². The Morgan fingerprint density at radius 2 is 1.35 bits per heavy atom. The fourth-order valence-electron chi connectivity index (χ4n) is 1.47. The van der Waals surface area contributed by atoms with Crippen molar-refractivity contribution in [2.45, 2.75) is 0 Å². The molecule has 2 nitrogen and oxygen atoms in total. The van der Waals surface area contributed by atoms with Crippen molar-refractivity contribution < 1.29 is 10.2 Å². The van der Waals surface area contributed by atoms with E-state index in [1.807, 2.05) is 42.5 Å². The predicted octanol–water partition coefficient (Wildman–Crippen LogP) is 4.03. The number of halogens is 1. The third kappa shape index (κ3) is 2.88. The summed E-state index contributed by atoms with van der Waals surface area (Å²) in [4.78, 5) is 0. The molecule has 2 aromatic rings. The van der Waals surface area contributed by atoms with Crippen molar-refractivity contribution in [3.05, 3.63) is 58.1 Å². The van der Waals surface area contributed by atoms with Crippen LogP contribution in [-0.2, 0) is 0 Å². The Labute approximate surface area is 108 Å². The molecule has 86 valence electrons. The van der Waals surface area contributed by atoms with Crippen LogP contribution in [0, 0.1) is 0 Å². The molecule has 0 heterocycles. The first kappa shape index (κ1) is 11.7. The second kappa shape index (κ2) is 5.06. The molecule has 0 unspecified atom stereocenters. The summed E-state index contributed by atoms with van der Waals surface area (Å²) in [7, 11) is 0. The summed E-state index contributed by atoms with van der Waals surface area (Å²) < 4.78 is 0.314. The average molecular weight is 291 g/mol. The highest BCUT2D eigenvalue weighted by atomic mass is 79.9. The number of aromatic hydroxyl groups is 2. The Morgan fingerprint density at radius 1 is 0.824 bits per heavy atom. The lowest BCUT2D eigenvalue weighted by Crippen LogP contribution is -1.76. The molecule has 0 bridgehead atoms. The van der Waals surface area contributed by atoms with E-state index >= 15 is 0 Å². The van der Waals surface area contributed by atoms with E-state index in [-0.39, 0.29) is 11.5 Å². The molecule has 0 aliphatic rings. The van der Waals surface area contributed by atoms with Gasteiger partial charge in [0.1, 0.15) is 16.0 Å². The van der Waals surface area contributed by atoms with Crippen molar-refractivity contribution in [1.82, 2.24) is 0 Å². The molecule has 0 aromatic heterocycles. The van der Waals surface area contributed by atoms with E-state index < -0.39 is 0 Å². The second-order valence-electron chi connectivity index (χ2n) is 3.62. The summed E-state index contributed by atoms with van der Waals surface area (Å²) in [5.41, 5.74) is 1.81. The lowest BCUT2D eigenvalue weighted by molar-refractivity contribution is 0.444. The van der Waals surface area contributed by atoms with E-state index in [0.29, 0.717) is 4.47 Å². The van der Waals surface area contributed by atoms with Crippen LogP contribution in [0.15, 0.2) is 46.9 Å². The zero-order chi connectivity index (χ0) is 12.3. The summed E-state index contributed by atoms with van der Waals surface area (Å²) in [5, 5.41) is 19.1. The van der Waals surface area contributed by atoms with Gasteiger partial charge < -0.3 is 10.2 Å². The van der Waals surface area contributed by atoms with Crippen molar-refractivity contribution in [1.29, 1.82) is 0 Å². The third-order valence-corrected chi connectivity index (χ3v) is 3.14. The smallest absolute Gasteiger partial charge is 0.134 e. The second-order valence-corrected chi connectivity index (χ2v) is 4.41. The molecule has 0 saturated heterocycles. The van der Waals surface area contributed by atoms with Crippen LogP contribution < -0.4 is 0 Å². The SMILES string of the molecule is Oc1cc(C=Cc2ccccc2)cc(O)c1Br. The van der Waals surface area contributed by atoms with Crippen LogP contribution >= 0.6 is 15.9 Å². The van der Waals surface area contributed by atoms with Crippen molar-refractivity contribution >= 4 is 28.1 Å². The lowest BCUT2D eigenvalue weighted by atomic mass is 10.1. The highest BCUT2D eigenvalue weighted by Crippen LogP contribution is 2.34. The molecule has 0 amide bonds. The molecular formula is C14H11BrO2. The zero-order valence-electron chi connectivity index (χ0n) is 8.97. The van der Waals surface area contributed by atoms with Gasteiger partial charge in [0.05, 0.1) is 0 Å². The maximum Gasteiger partial charge on any atom is 0.134 e. The Morgan fingerprint density at radius 3 is 1.94 bits per heavy atom. The van der Waals surface area contributed by atoms with Crippen LogP contribution in [0.25, 0.3) is 12.2 Å². The van der Waals surface area contributed by atoms with Gasteiger partial charge in [0.15, 0.2) is 0 Å². The van der Waals surface area contributed by atoms with Crippen LogP contribution in [-0.4, -0.2) is 10.2 Å². The summed E-state index contributed by atoms with van der Waals surface area (Å²) >= 11 is 3.09. The Balaban J connectivity index is 2.28. The van der Waals surface area contributed by atoms with E-state index in [9.17, 15) is 10.2 Å². The number of phenols is 2. The van der Waals surface area contributed by atoms with Gasteiger partial charge in [-0.15, -0.1) is 0 Å².